The molecule has 1 unspecified atom stereocenters. The van der Waals surface area contributed by atoms with E-state index in [1.165, 1.54) is 25.9 Å². The maximum atomic E-state index is 4.98. The Bertz CT molecular complexity index is 130. The average molecular weight is 186 g/mol. The van der Waals surface area contributed by atoms with Crippen LogP contribution in [0.1, 0.15) is 19.8 Å². The molecule has 1 heterocycles. The van der Waals surface area contributed by atoms with Gasteiger partial charge < -0.3 is 10.1 Å². The molecule has 0 aliphatic carbocycles. The third-order valence-corrected chi connectivity index (χ3v) is 2.77. The van der Waals surface area contributed by atoms with Gasteiger partial charge in [0.2, 0.25) is 0 Å². The normalized spacial score (nSPS) is 24.0. The lowest BCUT2D eigenvalue weighted by Crippen LogP contribution is -2.38. The smallest absolute Gasteiger partial charge is 0.0587 e. The maximum absolute atomic E-state index is 4.98. The highest BCUT2D eigenvalue weighted by Gasteiger charge is 2.21. The summed E-state index contributed by atoms with van der Waals surface area (Å²) in [4.78, 5) is 2.56. The van der Waals surface area contributed by atoms with Gasteiger partial charge in [-0.05, 0) is 25.9 Å². The molecule has 0 radical (unpaired) electrons. The van der Waals surface area contributed by atoms with Gasteiger partial charge in [-0.2, -0.15) is 0 Å². The van der Waals surface area contributed by atoms with Gasteiger partial charge in [-0.3, -0.25) is 4.90 Å². The number of likely N-dealkylation sites (N-methyl/N-ethyl adjacent to an activating group) is 1. The van der Waals surface area contributed by atoms with Gasteiger partial charge in [0.1, 0.15) is 0 Å². The quantitative estimate of drug-likeness (QED) is 0.618. The second-order valence-corrected chi connectivity index (χ2v) is 3.62. The molecule has 1 saturated heterocycles. The monoisotopic (exact) mass is 186 g/mol. The third-order valence-electron chi connectivity index (χ3n) is 2.77. The number of hydrogen-bond acceptors (Lipinski definition) is 3. The Morgan fingerprint density at radius 2 is 2.38 bits per heavy atom. The summed E-state index contributed by atoms with van der Waals surface area (Å²) in [5.41, 5.74) is 0. The van der Waals surface area contributed by atoms with Crippen molar-refractivity contribution in [3.63, 3.8) is 0 Å². The van der Waals surface area contributed by atoms with Crippen LogP contribution in [-0.4, -0.2) is 50.8 Å². The number of likely N-dealkylation sites (tertiary alicyclic amines) is 1. The Hall–Kier alpha value is -0.120. The Labute approximate surface area is 81.4 Å². The molecule has 0 aromatic carbocycles. The van der Waals surface area contributed by atoms with Crippen molar-refractivity contribution >= 4 is 0 Å². The minimum absolute atomic E-state index is 0.766. The molecule has 1 aliphatic heterocycles. The van der Waals surface area contributed by atoms with E-state index in [9.17, 15) is 0 Å². The molecular formula is C10H22N2O. The number of rotatable bonds is 6. The van der Waals surface area contributed by atoms with Gasteiger partial charge in [0.05, 0.1) is 6.61 Å². The Morgan fingerprint density at radius 3 is 3.08 bits per heavy atom. The van der Waals surface area contributed by atoms with Gasteiger partial charge in [0.15, 0.2) is 0 Å². The largest absolute Gasteiger partial charge is 0.383 e. The zero-order chi connectivity index (χ0) is 9.52. The van der Waals surface area contributed by atoms with Crippen LogP contribution >= 0.6 is 0 Å². The van der Waals surface area contributed by atoms with Crippen molar-refractivity contribution in [3.05, 3.63) is 0 Å². The van der Waals surface area contributed by atoms with Crippen molar-refractivity contribution in [1.82, 2.24) is 10.2 Å². The van der Waals surface area contributed by atoms with Crippen LogP contribution in [0.25, 0.3) is 0 Å². The fourth-order valence-corrected chi connectivity index (χ4v) is 1.99. The van der Waals surface area contributed by atoms with E-state index in [0.717, 1.165) is 25.7 Å². The lowest BCUT2D eigenvalue weighted by atomic mass is 10.2. The molecule has 0 bridgehead atoms. The fourth-order valence-electron chi connectivity index (χ4n) is 1.99. The number of hydrogen-bond donors (Lipinski definition) is 1. The number of methoxy groups -OCH3 is 1. The third kappa shape index (κ3) is 3.63. The van der Waals surface area contributed by atoms with Crippen molar-refractivity contribution in [2.75, 3.05) is 39.9 Å². The maximum Gasteiger partial charge on any atom is 0.0587 e. The summed E-state index contributed by atoms with van der Waals surface area (Å²) in [7, 11) is 1.75. The van der Waals surface area contributed by atoms with Gasteiger partial charge in [-0.1, -0.05) is 6.92 Å². The molecule has 0 saturated carbocycles. The van der Waals surface area contributed by atoms with Crippen LogP contribution in [0.4, 0.5) is 0 Å². The Kier molecular flexibility index (Phi) is 5.35. The van der Waals surface area contributed by atoms with E-state index < -0.39 is 0 Å². The summed E-state index contributed by atoms with van der Waals surface area (Å²) in [5, 5.41) is 3.43. The van der Waals surface area contributed by atoms with E-state index in [-0.39, 0.29) is 0 Å². The number of nitrogens with one attached hydrogen (secondary N) is 1. The van der Waals surface area contributed by atoms with Crippen LogP contribution in [-0.2, 0) is 4.74 Å². The van der Waals surface area contributed by atoms with Gasteiger partial charge >= 0.3 is 0 Å². The first-order valence-corrected chi connectivity index (χ1v) is 5.32. The molecule has 1 aliphatic rings. The molecule has 1 N–H and O–H groups in total. The van der Waals surface area contributed by atoms with Crippen molar-refractivity contribution in [1.29, 1.82) is 0 Å². The molecular weight excluding hydrogens is 164 g/mol. The molecule has 0 amide bonds. The van der Waals surface area contributed by atoms with E-state index in [1.807, 2.05) is 0 Å². The van der Waals surface area contributed by atoms with E-state index in [4.69, 9.17) is 4.74 Å². The van der Waals surface area contributed by atoms with Crippen LogP contribution < -0.4 is 5.32 Å². The van der Waals surface area contributed by atoms with Crippen molar-refractivity contribution in [3.8, 4) is 0 Å². The van der Waals surface area contributed by atoms with E-state index in [1.54, 1.807) is 7.11 Å². The predicted molar refractivity (Wildman–Crippen MR) is 55.0 cm³/mol. The molecule has 1 rings (SSSR count). The second-order valence-electron chi connectivity index (χ2n) is 3.62. The van der Waals surface area contributed by atoms with Gasteiger partial charge in [-0.15, -0.1) is 0 Å². The summed E-state index contributed by atoms with van der Waals surface area (Å²) in [6, 6.07) is 0.766. The SMILES string of the molecule is CCN1CCCC1CNCCOC. The van der Waals surface area contributed by atoms with Crippen molar-refractivity contribution in [2.45, 2.75) is 25.8 Å². The summed E-state index contributed by atoms with van der Waals surface area (Å²) in [5.74, 6) is 0. The lowest BCUT2D eigenvalue weighted by Gasteiger charge is -2.22. The summed E-state index contributed by atoms with van der Waals surface area (Å²) < 4.78 is 4.98. The Morgan fingerprint density at radius 1 is 1.54 bits per heavy atom. The highest BCUT2D eigenvalue weighted by atomic mass is 16.5. The minimum Gasteiger partial charge on any atom is -0.383 e. The molecule has 0 aromatic heterocycles. The molecule has 0 aromatic rings. The summed E-state index contributed by atoms with van der Waals surface area (Å²) >= 11 is 0. The van der Waals surface area contributed by atoms with Gasteiger partial charge in [0, 0.05) is 26.2 Å². The zero-order valence-corrected chi connectivity index (χ0v) is 8.88. The molecule has 0 spiro atoms. The first-order chi connectivity index (χ1) is 6.38. The molecule has 13 heavy (non-hydrogen) atoms. The van der Waals surface area contributed by atoms with Crippen LogP contribution in [0.2, 0.25) is 0 Å². The summed E-state index contributed by atoms with van der Waals surface area (Å²) in [6.45, 7) is 7.64. The predicted octanol–water partition coefficient (Wildman–Crippen LogP) is 0.707. The fraction of sp³-hybridized carbons (Fsp3) is 1.00. The van der Waals surface area contributed by atoms with Crippen LogP contribution in [0.5, 0.6) is 0 Å². The van der Waals surface area contributed by atoms with Crippen LogP contribution in [0.3, 0.4) is 0 Å². The standard InChI is InChI=1S/C10H22N2O/c1-3-12-7-4-5-10(12)9-11-6-8-13-2/h10-11H,3-9H2,1-2H3. The van der Waals surface area contributed by atoms with Gasteiger partial charge in [0.25, 0.3) is 0 Å². The van der Waals surface area contributed by atoms with E-state index >= 15 is 0 Å². The highest BCUT2D eigenvalue weighted by molar-refractivity contribution is 4.79. The molecule has 3 heteroatoms. The number of nitrogens with zero attached hydrogens (tertiary/aromatic N) is 1. The highest BCUT2D eigenvalue weighted by Crippen LogP contribution is 2.15. The van der Waals surface area contributed by atoms with Crippen LogP contribution in [0, 0.1) is 0 Å². The average Bonchev–Trinajstić information content (AvgIpc) is 2.60. The first kappa shape index (κ1) is 11.0. The first-order valence-electron chi connectivity index (χ1n) is 5.32. The molecule has 1 atom stereocenters. The van der Waals surface area contributed by atoms with E-state index in [2.05, 4.69) is 17.1 Å². The Balaban J connectivity index is 2.06. The lowest BCUT2D eigenvalue weighted by molar-refractivity contribution is 0.193. The molecule has 3 nitrogen and oxygen atoms in total. The minimum atomic E-state index is 0.766. The van der Waals surface area contributed by atoms with Crippen LogP contribution in [0.15, 0.2) is 0 Å². The molecule has 78 valence electrons. The summed E-state index contributed by atoms with van der Waals surface area (Å²) in [6.07, 6.45) is 2.72. The molecule has 1 fully saturated rings. The second kappa shape index (κ2) is 6.35. The topological polar surface area (TPSA) is 24.5 Å². The number of ether oxygens (including phenoxy) is 1. The van der Waals surface area contributed by atoms with Crippen molar-refractivity contribution in [2.24, 2.45) is 0 Å². The van der Waals surface area contributed by atoms with Gasteiger partial charge in [-0.25, -0.2) is 0 Å². The zero-order valence-electron chi connectivity index (χ0n) is 8.88. The van der Waals surface area contributed by atoms with Crippen molar-refractivity contribution < 1.29 is 4.74 Å². The van der Waals surface area contributed by atoms with E-state index in [0.29, 0.717) is 0 Å².